The first-order valence-corrected chi connectivity index (χ1v) is 7.44. The van der Waals surface area contributed by atoms with Crippen molar-refractivity contribution in [1.29, 1.82) is 0 Å². The Bertz CT molecular complexity index is 823. The Kier molecular flexibility index (Phi) is 4.82. The fourth-order valence-electron chi connectivity index (χ4n) is 2.38. The number of carbonyl (C=O) groups excluding carboxylic acids is 1. The largest absolute Gasteiger partial charge is 0.322 e. The zero-order valence-corrected chi connectivity index (χ0v) is 14.0. The Morgan fingerprint density at radius 1 is 0.960 bits per heavy atom. The van der Waals surface area contributed by atoms with Gasteiger partial charge in [0.15, 0.2) is 0 Å². The lowest BCUT2D eigenvalue weighted by Crippen LogP contribution is -2.19. The van der Waals surface area contributed by atoms with E-state index in [1.807, 2.05) is 32.9 Å². The standard InChI is InChI=1S/C17H17N3O5/c1-17(2,3)14-6-4-5-7-15(14)18-16(21)11-8-12(19(22)23)10-13(9-11)20(24)25/h4-10H,1-3H3,(H,18,21). The molecule has 0 spiro atoms. The number of carbonyl (C=O) groups is 1. The number of nitro groups is 2. The minimum absolute atomic E-state index is 0.149. The average Bonchev–Trinajstić information content (AvgIpc) is 2.53. The maximum Gasteiger partial charge on any atom is 0.277 e. The third-order valence-electron chi connectivity index (χ3n) is 3.57. The fourth-order valence-corrected chi connectivity index (χ4v) is 2.38. The number of para-hydroxylation sites is 1. The molecular weight excluding hydrogens is 326 g/mol. The van der Waals surface area contributed by atoms with Crippen molar-refractivity contribution in [2.24, 2.45) is 0 Å². The quantitative estimate of drug-likeness (QED) is 0.664. The molecule has 0 aromatic heterocycles. The summed E-state index contributed by atoms with van der Waals surface area (Å²) < 4.78 is 0. The molecule has 0 atom stereocenters. The number of nitrogens with zero attached hydrogens (tertiary/aromatic N) is 2. The van der Waals surface area contributed by atoms with Crippen LogP contribution < -0.4 is 5.32 Å². The van der Waals surface area contributed by atoms with Crippen LogP contribution in [-0.4, -0.2) is 15.8 Å². The van der Waals surface area contributed by atoms with E-state index >= 15 is 0 Å². The number of nitrogens with one attached hydrogen (secondary N) is 1. The second kappa shape index (κ2) is 6.68. The van der Waals surface area contributed by atoms with Gasteiger partial charge in [0, 0.05) is 17.8 Å². The maximum atomic E-state index is 12.5. The first-order valence-electron chi connectivity index (χ1n) is 7.44. The van der Waals surface area contributed by atoms with E-state index in [9.17, 15) is 25.0 Å². The van der Waals surface area contributed by atoms with Crippen LogP contribution in [0.4, 0.5) is 17.1 Å². The van der Waals surface area contributed by atoms with Gasteiger partial charge in [-0.3, -0.25) is 25.0 Å². The molecule has 0 unspecified atom stereocenters. The SMILES string of the molecule is CC(C)(C)c1ccccc1NC(=O)c1cc([N+](=O)[O-])cc([N+](=O)[O-])c1. The van der Waals surface area contributed by atoms with Crippen molar-refractivity contribution in [2.75, 3.05) is 5.32 Å². The van der Waals surface area contributed by atoms with Crippen LogP contribution in [0.2, 0.25) is 0 Å². The summed E-state index contributed by atoms with van der Waals surface area (Å²) in [6.07, 6.45) is 0. The van der Waals surface area contributed by atoms with E-state index in [-0.39, 0.29) is 11.0 Å². The zero-order valence-electron chi connectivity index (χ0n) is 14.0. The molecule has 0 aliphatic heterocycles. The Labute approximate surface area is 143 Å². The van der Waals surface area contributed by atoms with E-state index in [1.54, 1.807) is 12.1 Å². The molecular formula is C17H17N3O5. The second-order valence-electron chi connectivity index (χ2n) is 6.50. The third kappa shape index (κ3) is 4.17. The van der Waals surface area contributed by atoms with Gasteiger partial charge in [-0.05, 0) is 17.0 Å². The number of rotatable bonds is 4. The lowest BCUT2D eigenvalue weighted by Gasteiger charge is -2.23. The molecule has 0 aliphatic rings. The Morgan fingerprint density at radius 3 is 1.96 bits per heavy atom. The lowest BCUT2D eigenvalue weighted by atomic mass is 9.86. The number of non-ortho nitro benzene ring substituents is 2. The van der Waals surface area contributed by atoms with Crippen LogP contribution in [0.25, 0.3) is 0 Å². The van der Waals surface area contributed by atoms with Gasteiger partial charge in [-0.2, -0.15) is 0 Å². The number of hydrogen-bond donors (Lipinski definition) is 1. The van der Waals surface area contributed by atoms with E-state index in [0.29, 0.717) is 5.69 Å². The first kappa shape index (κ1) is 18.1. The highest BCUT2D eigenvalue weighted by molar-refractivity contribution is 6.05. The lowest BCUT2D eigenvalue weighted by molar-refractivity contribution is -0.394. The summed E-state index contributed by atoms with van der Waals surface area (Å²) in [4.78, 5) is 32.8. The van der Waals surface area contributed by atoms with Gasteiger partial charge in [0.2, 0.25) is 0 Å². The molecule has 25 heavy (non-hydrogen) atoms. The van der Waals surface area contributed by atoms with E-state index in [4.69, 9.17) is 0 Å². The van der Waals surface area contributed by atoms with Crippen LogP contribution in [-0.2, 0) is 5.41 Å². The zero-order chi connectivity index (χ0) is 18.8. The van der Waals surface area contributed by atoms with Crippen molar-refractivity contribution >= 4 is 23.0 Å². The molecule has 8 heteroatoms. The van der Waals surface area contributed by atoms with Crippen molar-refractivity contribution in [3.8, 4) is 0 Å². The van der Waals surface area contributed by atoms with Crippen molar-refractivity contribution in [3.05, 3.63) is 73.8 Å². The van der Waals surface area contributed by atoms with Crippen LogP contribution in [0.15, 0.2) is 42.5 Å². The van der Waals surface area contributed by atoms with Gasteiger partial charge in [-0.25, -0.2) is 0 Å². The molecule has 0 saturated carbocycles. The van der Waals surface area contributed by atoms with Crippen LogP contribution in [0.1, 0.15) is 36.7 Å². The highest BCUT2D eigenvalue weighted by Gasteiger charge is 2.22. The molecule has 0 radical (unpaired) electrons. The smallest absolute Gasteiger partial charge is 0.277 e. The van der Waals surface area contributed by atoms with Gasteiger partial charge >= 0.3 is 0 Å². The summed E-state index contributed by atoms with van der Waals surface area (Å²) in [5.41, 5.74) is 0.0208. The molecule has 0 aliphatic carbocycles. The summed E-state index contributed by atoms with van der Waals surface area (Å²) >= 11 is 0. The highest BCUT2D eigenvalue weighted by Crippen LogP contribution is 2.30. The topological polar surface area (TPSA) is 115 Å². The van der Waals surface area contributed by atoms with E-state index < -0.39 is 27.1 Å². The summed E-state index contributed by atoms with van der Waals surface area (Å²) in [6, 6.07) is 10.0. The molecule has 2 aromatic rings. The summed E-state index contributed by atoms with van der Waals surface area (Å²) in [5.74, 6) is -0.650. The second-order valence-corrected chi connectivity index (χ2v) is 6.50. The predicted molar refractivity (Wildman–Crippen MR) is 92.8 cm³/mol. The van der Waals surface area contributed by atoms with Crippen molar-refractivity contribution < 1.29 is 14.6 Å². The van der Waals surface area contributed by atoms with Crippen molar-refractivity contribution in [3.63, 3.8) is 0 Å². The Balaban J connectivity index is 2.43. The minimum Gasteiger partial charge on any atom is -0.322 e. The number of benzene rings is 2. The minimum atomic E-state index is -0.771. The highest BCUT2D eigenvalue weighted by atomic mass is 16.6. The summed E-state index contributed by atoms with van der Waals surface area (Å²) in [5, 5.41) is 24.6. The Morgan fingerprint density at radius 2 is 1.48 bits per heavy atom. The van der Waals surface area contributed by atoms with Gasteiger partial charge in [0.1, 0.15) is 0 Å². The van der Waals surface area contributed by atoms with Gasteiger partial charge in [-0.15, -0.1) is 0 Å². The van der Waals surface area contributed by atoms with Crippen LogP contribution >= 0.6 is 0 Å². The molecule has 130 valence electrons. The third-order valence-corrected chi connectivity index (χ3v) is 3.57. The molecule has 0 saturated heterocycles. The van der Waals surface area contributed by atoms with E-state index in [2.05, 4.69) is 5.32 Å². The van der Waals surface area contributed by atoms with Gasteiger partial charge in [-0.1, -0.05) is 39.0 Å². The molecule has 0 heterocycles. The molecule has 1 N–H and O–H groups in total. The van der Waals surface area contributed by atoms with Crippen molar-refractivity contribution in [2.45, 2.75) is 26.2 Å². The normalized spacial score (nSPS) is 11.0. The number of hydrogen-bond acceptors (Lipinski definition) is 5. The Hall–Kier alpha value is -3.29. The maximum absolute atomic E-state index is 12.5. The summed E-state index contributed by atoms with van der Waals surface area (Å²) in [7, 11) is 0. The van der Waals surface area contributed by atoms with Gasteiger partial charge < -0.3 is 5.32 Å². The first-order chi connectivity index (χ1) is 11.6. The average molecular weight is 343 g/mol. The van der Waals surface area contributed by atoms with E-state index in [1.165, 1.54) is 0 Å². The van der Waals surface area contributed by atoms with Crippen LogP contribution in [0.3, 0.4) is 0 Å². The molecule has 2 rings (SSSR count). The molecule has 2 aromatic carbocycles. The molecule has 8 nitrogen and oxygen atoms in total. The molecule has 0 bridgehead atoms. The summed E-state index contributed by atoms with van der Waals surface area (Å²) in [6.45, 7) is 5.95. The number of amides is 1. The number of anilines is 1. The predicted octanol–water partition coefficient (Wildman–Crippen LogP) is 4.05. The van der Waals surface area contributed by atoms with Crippen LogP contribution in [0, 0.1) is 20.2 Å². The van der Waals surface area contributed by atoms with Gasteiger partial charge in [0.25, 0.3) is 17.3 Å². The van der Waals surface area contributed by atoms with Gasteiger partial charge in [0.05, 0.1) is 21.5 Å². The monoisotopic (exact) mass is 343 g/mol. The van der Waals surface area contributed by atoms with E-state index in [0.717, 1.165) is 23.8 Å². The number of nitro benzene ring substituents is 2. The van der Waals surface area contributed by atoms with Crippen LogP contribution in [0.5, 0.6) is 0 Å². The fraction of sp³-hybridized carbons (Fsp3) is 0.235. The molecule has 0 fully saturated rings. The van der Waals surface area contributed by atoms with Crippen molar-refractivity contribution in [1.82, 2.24) is 0 Å². The molecule has 1 amide bonds.